The minimum absolute atomic E-state index is 0. The van der Waals surface area contributed by atoms with Crippen molar-refractivity contribution in [1.29, 1.82) is 0 Å². The Morgan fingerprint density at radius 2 is 1.96 bits per heavy atom. The zero-order valence-corrected chi connectivity index (χ0v) is 18.8. The van der Waals surface area contributed by atoms with Gasteiger partial charge in [0.05, 0.1) is 12.3 Å². The molecule has 1 saturated heterocycles. The topological polar surface area (TPSA) is 44.0 Å². The molecule has 2 aromatic rings. The summed E-state index contributed by atoms with van der Waals surface area (Å²) in [5, 5.41) is 3.55. The molecule has 148 valence electrons. The van der Waals surface area contributed by atoms with E-state index in [9.17, 15) is 0 Å². The first-order chi connectivity index (χ1) is 12.7. The first-order valence-corrected chi connectivity index (χ1v) is 9.43. The maximum atomic E-state index is 5.71. The lowest BCUT2D eigenvalue weighted by molar-refractivity contribution is 0.214. The molecule has 0 bridgehead atoms. The summed E-state index contributed by atoms with van der Waals surface area (Å²) in [4.78, 5) is 9.15. The molecule has 1 aliphatic rings. The van der Waals surface area contributed by atoms with Gasteiger partial charge in [0.1, 0.15) is 5.76 Å². The quantitative estimate of drug-likeness (QED) is 0.384. The highest BCUT2D eigenvalue weighted by Gasteiger charge is 2.26. The van der Waals surface area contributed by atoms with E-state index in [2.05, 4.69) is 64.4 Å². The zero-order valence-electron chi connectivity index (χ0n) is 16.5. The molecule has 27 heavy (non-hydrogen) atoms. The molecule has 0 spiro atoms. The van der Waals surface area contributed by atoms with Gasteiger partial charge >= 0.3 is 0 Å². The van der Waals surface area contributed by atoms with E-state index >= 15 is 0 Å². The average molecular weight is 482 g/mol. The molecule has 2 heterocycles. The molecule has 0 amide bonds. The summed E-state index contributed by atoms with van der Waals surface area (Å²) in [6, 6.07) is 12.8. The number of nitrogens with one attached hydrogen (secondary N) is 1. The summed E-state index contributed by atoms with van der Waals surface area (Å²) in [5.41, 5.74) is 2.63. The number of furan rings is 1. The van der Waals surface area contributed by atoms with Crippen LogP contribution in [0.2, 0.25) is 0 Å². The number of aliphatic imine (C=N–C) groups is 1. The predicted octanol–water partition coefficient (Wildman–Crippen LogP) is 4.05. The number of aryl methyl sites for hydroxylation is 1. The summed E-state index contributed by atoms with van der Waals surface area (Å²) >= 11 is 0. The summed E-state index contributed by atoms with van der Waals surface area (Å²) < 4.78 is 5.71. The van der Waals surface area contributed by atoms with Gasteiger partial charge in [0.25, 0.3) is 0 Å². The molecule has 0 aliphatic carbocycles. The Kier molecular flexibility index (Phi) is 8.63. The molecule has 1 aromatic carbocycles. The Morgan fingerprint density at radius 3 is 2.59 bits per heavy atom. The Labute approximate surface area is 179 Å². The summed E-state index contributed by atoms with van der Waals surface area (Å²) in [6.45, 7) is 6.04. The first-order valence-electron chi connectivity index (χ1n) is 9.43. The van der Waals surface area contributed by atoms with Crippen LogP contribution in [0.4, 0.5) is 0 Å². The molecule has 0 saturated carbocycles. The van der Waals surface area contributed by atoms with E-state index in [1.54, 1.807) is 6.26 Å². The van der Waals surface area contributed by atoms with Crippen molar-refractivity contribution in [1.82, 2.24) is 15.1 Å². The molecule has 1 aromatic heterocycles. The van der Waals surface area contributed by atoms with Gasteiger partial charge in [-0.25, -0.2) is 0 Å². The third-order valence-electron chi connectivity index (χ3n) is 5.15. The number of nitrogens with zero attached hydrogens (tertiary/aromatic N) is 3. The number of halogens is 1. The van der Waals surface area contributed by atoms with Gasteiger partial charge in [-0.15, -0.1) is 24.0 Å². The minimum Gasteiger partial charge on any atom is -0.468 e. The number of rotatable bonds is 6. The van der Waals surface area contributed by atoms with Crippen molar-refractivity contribution in [2.45, 2.75) is 32.4 Å². The van der Waals surface area contributed by atoms with Crippen LogP contribution < -0.4 is 5.32 Å². The van der Waals surface area contributed by atoms with Crippen molar-refractivity contribution in [3.8, 4) is 0 Å². The molecule has 6 heteroatoms. The highest BCUT2D eigenvalue weighted by Crippen LogP contribution is 2.25. The van der Waals surface area contributed by atoms with E-state index in [0.29, 0.717) is 0 Å². The second-order valence-electron chi connectivity index (χ2n) is 6.98. The molecule has 0 radical (unpaired) electrons. The Morgan fingerprint density at radius 1 is 1.22 bits per heavy atom. The SMILES string of the molecule is CN=C(NCC(c1ccco1)N1CCCC1)N(C)Cc1ccccc1C.I. The van der Waals surface area contributed by atoms with E-state index in [1.165, 1.54) is 24.0 Å². The van der Waals surface area contributed by atoms with Crippen molar-refractivity contribution in [3.05, 3.63) is 59.5 Å². The number of hydrogen-bond donors (Lipinski definition) is 1. The van der Waals surface area contributed by atoms with E-state index in [1.807, 2.05) is 13.1 Å². The van der Waals surface area contributed by atoms with Crippen molar-refractivity contribution < 1.29 is 4.42 Å². The second-order valence-corrected chi connectivity index (χ2v) is 6.98. The van der Waals surface area contributed by atoms with Crippen LogP contribution in [-0.4, -0.2) is 49.5 Å². The van der Waals surface area contributed by atoms with Gasteiger partial charge in [-0.1, -0.05) is 24.3 Å². The third-order valence-corrected chi connectivity index (χ3v) is 5.15. The highest BCUT2D eigenvalue weighted by atomic mass is 127. The fourth-order valence-corrected chi connectivity index (χ4v) is 3.63. The second kappa shape index (κ2) is 10.7. The molecule has 3 rings (SSSR count). The summed E-state index contributed by atoms with van der Waals surface area (Å²) in [5.74, 6) is 1.93. The Hall–Kier alpha value is -1.54. The zero-order chi connectivity index (χ0) is 18.4. The maximum absolute atomic E-state index is 5.71. The average Bonchev–Trinajstić information content (AvgIpc) is 3.35. The fourth-order valence-electron chi connectivity index (χ4n) is 3.63. The van der Waals surface area contributed by atoms with Crippen LogP contribution in [0.1, 0.15) is 35.8 Å². The molecule has 1 atom stereocenters. The molecule has 1 N–H and O–H groups in total. The van der Waals surface area contributed by atoms with Crippen molar-refractivity contribution in [3.63, 3.8) is 0 Å². The van der Waals surface area contributed by atoms with Gasteiger partial charge < -0.3 is 14.6 Å². The van der Waals surface area contributed by atoms with Crippen LogP contribution in [0.3, 0.4) is 0 Å². The van der Waals surface area contributed by atoms with Gasteiger partial charge in [0.2, 0.25) is 0 Å². The van der Waals surface area contributed by atoms with Crippen LogP contribution in [-0.2, 0) is 6.54 Å². The Bertz CT molecular complexity index is 711. The van der Waals surface area contributed by atoms with Crippen molar-refractivity contribution >= 4 is 29.9 Å². The van der Waals surface area contributed by atoms with E-state index in [0.717, 1.165) is 37.9 Å². The molecular formula is C21H31IN4O. The van der Waals surface area contributed by atoms with Crippen molar-refractivity contribution in [2.75, 3.05) is 33.7 Å². The number of likely N-dealkylation sites (tertiary alicyclic amines) is 1. The van der Waals surface area contributed by atoms with Crippen LogP contribution in [0, 0.1) is 6.92 Å². The first kappa shape index (κ1) is 21.8. The largest absolute Gasteiger partial charge is 0.468 e. The van der Waals surface area contributed by atoms with E-state index in [4.69, 9.17) is 4.42 Å². The van der Waals surface area contributed by atoms with E-state index < -0.39 is 0 Å². The molecule has 1 fully saturated rings. The highest BCUT2D eigenvalue weighted by molar-refractivity contribution is 14.0. The summed E-state index contributed by atoms with van der Waals surface area (Å²) in [7, 11) is 3.92. The monoisotopic (exact) mass is 482 g/mol. The third kappa shape index (κ3) is 5.72. The predicted molar refractivity (Wildman–Crippen MR) is 122 cm³/mol. The molecule has 1 unspecified atom stereocenters. The lowest BCUT2D eigenvalue weighted by Gasteiger charge is -2.29. The van der Waals surface area contributed by atoms with Crippen molar-refractivity contribution in [2.24, 2.45) is 4.99 Å². The van der Waals surface area contributed by atoms with Crippen LogP contribution in [0.15, 0.2) is 52.1 Å². The van der Waals surface area contributed by atoms with Crippen LogP contribution >= 0.6 is 24.0 Å². The molecular weight excluding hydrogens is 451 g/mol. The standard InChI is InChI=1S/C21H30N4O.HI/c1-17-9-4-5-10-18(17)16-24(3)21(22-2)23-15-19(20-11-8-14-26-20)25-12-6-7-13-25;/h4-5,8-11,14,19H,6-7,12-13,15-16H2,1-3H3,(H,22,23);1H. The Balaban J connectivity index is 0.00000261. The lowest BCUT2D eigenvalue weighted by atomic mass is 10.1. The fraction of sp³-hybridized carbons (Fsp3) is 0.476. The van der Waals surface area contributed by atoms with Crippen LogP contribution in [0.25, 0.3) is 0 Å². The van der Waals surface area contributed by atoms with E-state index in [-0.39, 0.29) is 30.0 Å². The molecule has 1 aliphatic heterocycles. The summed E-state index contributed by atoms with van der Waals surface area (Å²) in [6.07, 6.45) is 4.29. The number of guanidine groups is 1. The van der Waals surface area contributed by atoms with Gasteiger partial charge in [-0.3, -0.25) is 9.89 Å². The molecule has 5 nitrogen and oxygen atoms in total. The minimum atomic E-state index is 0. The maximum Gasteiger partial charge on any atom is 0.193 e. The lowest BCUT2D eigenvalue weighted by Crippen LogP contribution is -2.43. The smallest absolute Gasteiger partial charge is 0.193 e. The van der Waals surface area contributed by atoms with Gasteiger partial charge in [0, 0.05) is 27.2 Å². The number of hydrogen-bond acceptors (Lipinski definition) is 3. The van der Waals surface area contributed by atoms with Gasteiger partial charge in [-0.2, -0.15) is 0 Å². The van der Waals surface area contributed by atoms with Crippen LogP contribution in [0.5, 0.6) is 0 Å². The normalized spacial score (nSPS) is 16.0. The van der Waals surface area contributed by atoms with Gasteiger partial charge in [0.15, 0.2) is 5.96 Å². The van der Waals surface area contributed by atoms with Gasteiger partial charge in [-0.05, 0) is 56.1 Å². The number of benzene rings is 1.